The second kappa shape index (κ2) is 7.17. The molecule has 3 aromatic rings. The van der Waals surface area contributed by atoms with Gasteiger partial charge in [0.25, 0.3) is 0 Å². The third-order valence-corrected chi connectivity index (χ3v) is 5.52. The van der Waals surface area contributed by atoms with Gasteiger partial charge in [0.1, 0.15) is 17.2 Å². The minimum atomic E-state index is -0.281. The van der Waals surface area contributed by atoms with E-state index in [9.17, 15) is 0 Å². The third-order valence-electron chi connectivity index (χ3n) is 5.52. The molecular weight excluding hydrogens is 364 g/mol. The van der Waals surface area contributed by atoms with E-state index < -0.39 is 0 Å². The molecule has 0 bridgehead atoms. The van der Waals surface area contributed by atoms with Crippen LogP contribution in [0.25, 0.3) is 0 Å². The molecule has 0 fully saturated rings. The van der Waals surface area contributed by atoms with Crippen molar-refractivity contribution in [1.29, 1.82) is 0 Å². The second-order valence-corrected chi connectivity index (χ2v) is 7.16. The first kappa shape index (κ1) is 17.6. The van der Waals surface area contributed by atoms with Crippen LogP contribution in [0.3, 0.4) is 0 Å². The highest BCUT2D eigenvalue weighted by Crippen LogP contribution is 2.47. The molecule has 0 saturated heterocycles. The Hall–Kier alpha value is -3.47. The number of para-hydroxylation sites is 1. The molecule has 5 heteroatoms. The number of nitrogens with zero attached hydrogens (tertiary/aromatic N) is 2. The van der Waals surface area contributed by atoms with Gasteiger partial charge in [0.2, 0.25) is 6.23 Å². The van der Waals surface area contributed by atoms with Crippen LogP contribution in [-0.2, 0) is 0 Å². The van der Waals surface area contributed by atoms with Gasteiger partial charge in [-0.3, -0.25) is 0 Å². The highest BCUT2D eigenvalue weighted by atomic mass is 16.5. The fourth-order valence-corrected chi connectivity index (χ4v) is 3.98. The van der Waals surface area contributed by atoms with Crippen LogP contribution in [0.15, 0.2) is 77.9 Å². The molecule has 0 spiro atoms. The van der Waals surface area contributed by atoms with E-state index in [-0.39, 0.29) is 12.3 Å². The summed E-state index contributed by atoms with van der Waals surface area (Å²) in [6.07, 6.45) is 0.552. The smallest absolute Gasteiger partial charge is 0.213 e. The van der Waals surface area contributed by atoms with Crippen molar-refractivity contribution in [2.24, 2.45) is 5.10 Å². The van der Waals surface area contributed by atoms with Crippen molar-refractivity contribution in [3.8, 4) is 17.2 Å². The topological polar surface area (TPSA) is 43.3 Å². The lowest BCUT2D eigenvalue weighted by Crippen LogP contribution is -2.33. The Morgan fingerprint density at radius 2 is 1.52 bits per heavy atom. The van der Waals surface area contributed by atoms with Gasteiger partial charge in [0, 0.05) is 17.5 Å². The van der Waals surface area contributed by atoms with Crippen LogP contribution in [0, 0.1) is 0 Å². The van der Waals surface area contributed by atoms with Gasteiger partial charge in [-0.05, 0) is 60.2 Å². The molecule has 0 radical (unpaired) electrons. The summed E-state index contributed by atoms with van der Waals surface area (Å²) in [5.74, 6) is 2.58. The van der Waals surface area contributed by atoms with Gasteiger partial charge in [0.15, 0.2) is 0 Å². The Bertz CT molecular complexity index is 1040. The van der Waals surface area contributed by atoms with Crippen LogP contribution >= 0.6 is 0 Å². The summed E-state index contributed by atoms with van der Waals surface area (Å²) in [6.45, 7) is 0. The number of hydrazone groups is 1. The van der Waals surface area contributed by atoms with Gasteiger partial charge in [0.05, 0.1) is 26.0 Å². The summed E-state index contributed by atoms with van der Waals surface area (Å²) in [6, 6.07) is 24.4. The Balaban J connectivity index is 1.54. The van der Waals surface area contributed by atoms with Crippen LogP contribution in [0.4, 0.5) is 0 Å². The summed E-state index contributed by atoms with van der Waals surface area (Å²) in [4.78, 5) is 0. The number of hydrogen-bond acceptors (Lipinski definition) is 5. The van der Waals surface area contributed by atoms with Gasteiger partial charge in [-0.25, -0.2) is 5.01 Å². The molecule has 3 aromatic carbocycles. The zero-order chi connectivity index (χ0) is 19.8. The zero-order valence-electron chi connectivity index (χ0n) is 16.4. The minimum Gasteiger partial charge on any atom is -0.497 e. The zero-order valence-corrected chi connectivity index (χ0v) is 16.4. The highest BCUT2D eigenvalue weighted by molar-refractivity contribution is 6.02. The van der Waals surface area contributed by atoms with Crippen molar-refractivity contribution < 1.29 is 14.2 Å². The van der Waals surface area contributed by atoms with E-state index in [4.69, 9.17) is 19.3 Å². The Morgan fingerprint density at radius 3 is 2.21 bits per heavy atom. The summed E-state index contributed by atoms with van der Waals surface area (Å²) < 4.78 is 17.0. The fourth-order valence-electron chi connectivity index (χ4n) is 3.98. The van der Waals surface area contributed by atoms with E-state index in [2.05, 4.69) is 29.3 Å². The lowest BCUT2D eigenvalue weighted by atomic mass is 9.96. The molecule has 2 aliphatic heterocycles. The first-order valence-corrected chi connectivity index (χ1v) is 9.66. The number of hydrogen-bond donors (Lipinski definition) is 0. The summed E-state index contributed by atoms with van der Waals surface area (Å²) >= 11 is 0. The largest absolute Gasteiger partial charge is 0.497 e. The highest BCUT2D eigenvalue weighted by Gasteiger charge is 2.40. The minimum absolute atomic E-state index is 0.143. The normalized spacial score (nSPS) is 19.7. The van der Waals surface area contributed by atoms with Gasteiger partial charge in [-0.2, -0.15) is 5.10 Å². The Kier molecular flexibility index (Phi) is 4.35. The standard InChI is InChI=1S/C24H22N2O3/c1-27-18-11-7-16(8-12-18)21-15-22-20-5-3-4-6-23(20)29-24(26(22)25-21)17-9-13-19(28-2)14-10-17/h3-14,22,24H,15H2,1-2H3/t22-,24-/m1/s1. The van der Waals surface area contributed by atoms with Crippen LogP contribution in [-0.4, -0.2) is 24.9 Å². The Morgan fingerprint density at radius 1 is 0.862 bits per heavy atom. The first-order valence-electron chi connectivity index (χ1n) is 9.66. The molecule has 5 rings (SSSR count). The SMILES string of the molecule is COc1ccc(C2=NN3[C@H](C2)c2ccccc2O[C@@H]3c2ccc(OC)cc2)cc1. The molecule has 2 heterocycles. The maximum absolute atomic E-state index is 6.38. The number of rotatable bonds is 4. The molecule has 146 valence electrons. The fraction of sp³-hybridized carbons (Fsp3) is 0.208. The van der Waals surface area contributed by atoms with Crippen LogP contribution < -0.4 is 14.2 Å². The van der Waals surface area contributed by atoms with Crippen molar-refractivity contribution in [3.63, 3.8) is 0 Å². The van der Waals surface area contributed by atoms with E-state index in [1.54, 1.807) is 14.2 Å². The quantitative estimate of drug-likeness (QED) is 0.637. The second-order valence-electron chi connectivity index (χ2n) is 7.16. The number of methoxy groups -OCH3 is 2. The predicted octanol–water partition coefficient (Wildman–Crippen LogP) is 4.95. The lowest BCUT2D eigenvalue weighted by molar-refractivity contribution is -0.0190. The average Bonchev–Trinajstić information content (AvgIpc) is 3.24. The van der Waals surface area contributed by atoms with Crippen molar-refractivity contribution in [3.05, 3.63) is 89.5 Å². The van der Waals surface area contributed by atoms with Gasteiger partial charge in [-0.15, -0.1) is 0 Å². The predicted molar refractivity (Wildman–Crippen MR) is 112 cm³/mol. The molecule has 0 amide bonds. The summed E-state index contributed by atoms with van der Waals surface area (Å²) in [5.41, 5.74) is 4.37. The summed E-state index contributed by atoms with van der Waals surface area (Å²) in [7, 11) is 3.35. The van der Waals surface area contributed by atoms with E-state index in [0.717, 1.165) is 40.5 Å². The van der Waals surface area contributed by atoms with E-state index in [0.29, 0.717) is 0 Å². The van der Waals surface area contributed by atoms with Crippen molar-refractivity contribution in [2.45, 2.75) is 18.7 Å². The van der Waals surface area contributed by atoms with Crippen LogP contribution in [0.2, 0.25) is 0 Å². The molecule has 2 atom stereocenters. The number of ether oxygens (including phenoxy) is 3. The van der Waals surface area contributed by atoms with Gasteiger partial charge in [-0.1, -0.05) is 18.2 Å². The molecule has 2 aliphatic rings. The average molecular weight is 386 g/mol. The van der Waals surface area contributed by atoms with Gasteiger partial charge >= 0.3 is 0 Å². The first-order chi connectivity index (χ1) is 14.3. The van der Waals surface area contributed by atoms with Crippen LogP contribution in [0.5, 0.6) is 17.2 Å². The molecule has 29 heavy (non-hydrogen) atoms. The monoisotopic (exact) mass is 386 g/mol. The van der Waals surface area contributed by atoms with Crippen molar-refractivity contribution in [1.82, 2.24) is 5.01 Å². The van der Waals surface area contributed by atoms with E-state index >= 15 is 0 Å². The molecule has 0 unspecified atom stereocenters. The third kappa shape index (κ3) is 3.09. The molecule has 5 nitrogen and oxygen atoms in total. The maximum atomic E-state index is 6.38. The Labute approximate surface area is 170 Å². The lowest BCUT2D eigenvalue weighted by Gasteiger charge is -2.38. The molecule has 0 saturated carbocycles. The van der Waals surface area contributed by atoms with Crippen LogP contribution in [0.1, 0.15) is 35.4 Å². The molecule has 0 aliphatic carbocycles. The van der Waals surface area contributed by atoms with Crippen molar-refractivity contribution in [2.75, 3.05) is 14.2 Å². The van der Waals surface area contributed by atoms with E-state index in [1.165, 1.54) is 5.56 Å². The van der Waals surface area contributed by atoms with Crippen molar-refractivity contribution >= 4 is 5.71 Å². The summed E-state index contributed by atoms with van der Waals surface area (Å²) in [5, 5.41) is 7.08. The number of fused-ring (bicyclic) bond motifs is 3. The molecule has 0 aromatic heterocycles. The maximum Gasteiger partial charge on any atom is 0.213 e. The van der Waals surface area contributed by atoms with E-state index in [1.807, 2.05) is 48.5 Å². The molecule has 0 N–H and O–H groups in total. The molecular formula is C24H22N2O3. The van der Waals surface area contributed by atoms with Gasteiger partial charge < -0.3 is 14.2 Å². The number of benzene rings is 3.